The summed E-state index contributed by atoms with van der Waals surface area (Å²) in [6, 6.07) is 2.53. The topological polar surface area (TPSA) is 29.4 Å². The van der Waals surface area contributed by atoms with Gasteiger partial charge in [0.15, 0.2) is 0 Å². The third-order valence-electron chi connectivity index (χ3n) is 1.73. The summed E-state index contributed by atoms with van der Waals surface area (Å²) < 4.78 is 12.8. The van der Waals surface area contributed by atoms with E-state index in [0.29, 0.717) is 10.6 Å². The van der Waals surface area contributed by atoms with E-state index in [1.807, 2.05) is 0 Å². The smallest absolute Gasteiger partial charge is 0.211 e. The van der Waals surface area contributed by atoms with Crippen LogP contribution in [0.25, 0.3) is 0 Å². The molecule has 0 radical (unpaired) electrons. The van der Waals surface area contributed by atoms with Crippen molar-refractivity contribution in [3.05, 3.63) is 34.1 Å². The van der Waals surface area contributed by atoms with Crippen molar-refractivity contribution >= 4 is 17.7 Å². The SMILES string of the molecule is Cc1c(Cl)cc(F)cc1CN=C=O. The van der Waals surface area contributed by atoms with Crippen LogP contribution in [0.1, 0.15) is 11.1 Å². The Morgan fingerprint density at radius 3 is 2.92 bits per heavy atom. The molecule has 13 heavy (non-hydrogen) atoms. The number of benzene rings is 1. The van der Waals surface area contributed by atoms with Crippen LogP contribution in [0, 0.1) is 12.7 Å². The summed E-state index contributed by atoms with van der Waals surface area (Å²) >= 11 is 5.72. The molecule has 0 aliphatic rings. The van der Waals surface area contributed by atoms with E-state index in [-0.39, 0.29) is 6.54 Å². The van der Waals surface area contributed by atoms with Gasteiger partial charge in [-0.05, 0) is 30.2 Å². The molecule has 0 unspecified atom stereocenters. The van der Waals surface area contributed by atoms with Gasteiger partial charge in [0.2, 0.25) is 6.08 Å². The van der Waals surface area contributed by atoms with Crippen molar-refractivity contribution in [3.63, 3.8) is 0 Å². The number of halogens is 2. The van der Waals surface area contributed by atoms with Crippen LogP contribution in [0.15, 0.2) is 17.1 Å². The molecule has 0 N–H and O–H groups in total. The maximum atomic E-state index is 12.8. The van der Waals surface area contributed by atoms with Crippen LogP contribution >= 0.6 is 11.6 Å². The molecule has 2 nitrogen and oxygen atoms in total. The number of nitrogens with zero attached hydrogens (tertiary/aromatic N) is 1. The van der Waals surface area contributed by atoms with Gasteiger partial charge in [0, 0.05) is 5.02 Å². The summed E-state index contributed by atoms with van der Waals surface area (Å²) in [6.45, 7) is 1.87. The normalized spacial score (nSPS) is 9.46. The lowest BCUT2D eigenvalue weighted by atomic mass is 10.1. The van der Waals surface area contributed by atoms with Crippen molar-refractivity contribution in [1.29, 1.82) is 0 Å². The van der Waals surface area contributed by atoms with Crippen LogP contribution < -0.4 is 0 Å². The van der Waals surface area contributed by atoms with E-state index in [9.17, 15) is 9.18 Å². The minimum Gasteiger partial charge on any atom is -0.211 e. The summed E-state index contributed by atoms with van der Waals surface area (Å²) in [4.78, 5) is 13.2. The van der Waals surface area contributed by atoms with Gasteiger partial charge in [-0.3, -0.25) is 0 Å². The molecular formula is C9H7ClFNO. The first-order valence-corrected chi connectivity index (χ1v) is 4.01. The molecular weight excluding hydrogens is 193 g/mol. The number of rotatable bonds is 2. The van der Waals surface area contributed by atoms with Crippen molar-refractivity contribution < 1.29 is 9.18 Å². The first kappa shape index (κ1) is 9.90. The minimum atomic E-state index is -0.424. The number of hydrogen-bond donors (Lipinski definition) is 0. The molecule has 4 heteroatoms. The molecule has 0 heterocycles. The molecule has 0 saturated carbocycles. The number of carbonyl (C=O) groups excluding carboxylic acids is 1. The second kappa shape index (κ2) is 4.17. The molecule has 0 atom stereocenters. The average Bonchev–Trinajstić information content (AvgIpc) is 2.09. The maximum Gasteiger partial charge on any atom is 0.235 e. The van der Waals surface area contributed by atoms with Gasteiger partial charge in [0.05, 0.1) is 6.54 Å². The van der Waals surface area contributed by atoms with Crippen molar-refractivity contribution in [2.24, 2.45) is 4.99 Å². The second-order valence-corrected chi connectivity index (χ2v) is 2.99. The number of hydrogen-bond acceptors (Lipinski definition) is 2. The van der Waals surface area contributed by atoms with Crippen LogP contribution in [-0.4, -0.2) is 6.08 Å². The van der Waals surface area contributed by atoms with Crippen LogP contribution in [-0.2, 0) is 11.3 Å². The molecule has 0 bridgehead atoms. The summed E-state index contributed by atoms with van der Waals surface area (Å²) in [5.74, 6) is -0.424. The highest BCUT2D eigenvalue weighted by Crippen LogP contribution is 2.21. The third kappa shape index (κ3) is 2.38. The molecule has 0 aromatic heterocycles. The van der Waals surface area contributed by atoms with E-state index in [4.69, 9.17) is 11.6 Å². The first-order valence-electron chi connectivity index (χ1n) is 3.63. The fourth-order valence-corrected chi connectivity index (χ4v) is 1.21. The fourth-order valence-electron chi connectivity index (χ4n) is 0.981. The molecule has 0 aliphatic carbocycles. The zero-order chi connectivity index (χ0) is 9.84. The number of isocyanates is 1. The monoisotopic (exact) mass is 199 g/mol. The Hall–Kier alpha value is -1.18. The standard InChI is InChI=1S/C9H7ClFNO/c1-6-7(4-12-5-13)2-8(11)3-9(6)10/h2-3H,4H2,1H3. The number of aliphatic imine (C=N–C) groups is 1. The lowest BCUT2D eigenvalue weighted by Gasteiger charge is -2.03. The van der Waals surface area contributed by atoms with Gasteiger partial charge in [-0.2, -0.15) is 0 Å². The fraction of sp³-hybridized carbons (Fsp3) is 0.222. The van der Waals surface area contributed by atoms with Crippen molar-refractivity contribution in [1.82, 2.24) is 0 Å². The first-order chi connectivity index (χ1) is 6.15. The molecule has 1 aromatic carbocycles. The van der Waals surface area contributed by atoms with Gasteiger partial charge in [0.1, 0.15) is 5.82 Å². The maximum absolute atomic E-state index is 12.8. The molecule has 68 valence electrons. The Balaban J connectivity index is 3.12. The van der Waals surface area contributed by atoms with Gasteiger partial charge in [-0.25, -0.2) is 14.2 Å². The van der Waals surface area contributed by atoms with Gasteiger partial charge in [-0.1, -0.05) is 11.6 Å². The third-order valence-corrected chi connectivity index (χ3v) is 2.12. The molecule has 0 saturated heterocycles. The molecule has 0 fully saturated rings. The molecule has 1 rings (SSSR count). The van der Waals surface area contributed by atoms with Gasteiger partial charge in [0.25, 0.3) is 0 Å². The van der Waals surface area contributed by atoms with Crippen molar-refractivity contribution in [3.8, 4) is 0 Å². The Labute approximate surface area is 80.1 Å². The molecule has 0 spiro atoms. The van der Waals surface area contributed by atoms with Crippen molar-refractivity contribution in [2.75, 3.05) is 0 Å². The van der Waals surface area contributed by atoms with Crippen LogP contribution in [0.2, 0.25) is 5.02 Å². The predicted octanol–water partition coefficient (Wildman–Crippen LogP) is 2.62. The zero-order valence-corrected chi connectivity index (χ0v) is 7.73. The van der Waals surface area contributed by atoms with E-state index in [2.05, 4.69) is 4.99 Å². The van der Waals surface area contributed by atoms with Gasteiger partial charge in [-0.15, -0.1) is 0 Å². The molecule has 0 amide bonds. The van der Waals surface area contributed by atoms with Crippen LogP contribution in [0.4, 0.5) is 4.39 Å². The van der Waals surface area contributed by atoms with Crippen molar-refractivity contribution in [2.45, 2.75) is 13.5 Å². The Bertz CT molecular complexity index is 372. The zero-order valence-electron chi connectivity index (χ0n) is 6.97. The van der Waals surface area contributed by atoms with E-state index in [1.54, 1.807) is 6.92 Å². The quantitative estimate of drug-likeness (QED) is 0.532. The van der Waals surface area contributed by atoms with E-state index in [0.717, 1.165) is 5.56 Å². The lowest BCUT2D eigenvalue weighted by Crippen LogP contribution is -1.90. The molecule has 1 aromatic rings. The second-order valence-electron chi connectivity index (χ2n) is 2.58. The summed E-state index contributed by atoms with van der Waals surface area (Å²) in [6.07, 6.45) is 1.39. The summed E-state index contributed by atoms with van der Waals surface area (Å²) in [5, 5.41) is 0.344. The highest BCUT2D eigenvalue weighted by molar-refractivity contribution is 6.31. The highest BCUT2D eigenvalue weighted by atomic mass is 35.5. The summed E-state index contributed by atoms with van der Waals surface area (Å²) in [7, 11) is 0. The van der Waals surface area contributed by atoms with E-state index < -0.39 is 5.82 Å². The highest BCUT2D eigenvalue weighted by Gasteiger charge is 2.04. The largest absolute Gasteiger partial charge is 0.235 e. The summed E-state index contributed by atoms with van der Waals surface area (Å²) in [5.41, 5.74) is 1.34. The van der Waals surface area contributed by atoms with E-state index in [1.165, 1.54) is 18.2 Å². The Kier molecular flexibility index (Phi) is 3.18. The van der Waals surface area contributed by atoms with Crippen LogP contribution in [0.5, 0.6) is 0 Å². The van der Waals surface area contributed by atoms with Gasteiger partial charge < -0.3 is 0 Å². The average molecular weight is 200 g/mol. The van der Waals surface area contributed by atoms with E-state index >= 15 is 0 Å². The Morgan fingerprint density at radius 2 is 2.31 bits per heavy atom. The minimum absolute atomic E-state index is 0.118. The lowest BCUT2D eigenvalue weighted by molar-refractivity contribution is 0.562. The van der Waals surface area contributed by atoms with Gasteiger partial charge >= 0.3 is 0 Å². The molecule has 0 aliphatic heterocycles. The Morgan fingerprint density at radius 1 is 1.62 bits per heavy atom. The predicted molar refractivity (Wildman–Crippen MR) is 48.0 cm³/mol. The van der Waals surface area contributed by atoms with Crippen LogP contribution in [0.3, 0.4) is 0 Å².